The molecule has 0 spiro atoms. The fraction of sp³-hybridized carbons (Fsp3) is 0.696. The van der Waals surface area contributed by atoms with Crippen molar-refractivity contribution >= 4 is 5.96 Å². The molecule has 0 amide bonds. The first-order valence-electron chi connectivity index (χ1n) is 11.1. The third-order valence-corrected chi connectivity index (χ3v) is 6.12. The van der Waals surface area contributed by atoms with E-state index in [9.17, 15) is 5.11 Å². The Balaban J connectivity index is 1.87. The number of hydrogen-bond acceptors (Lipinski definition) is 3. The molecule has 1 aliphatic rings. The second kappa shape index (κ2) is 12.1. The SMILES string of the molecule is CCNC(=NCC(CC)(CC)c1ccccc1)NCCCN1CCC(O)CC1. The van der Waals surface area contributed by atoms with Crippen molar-refractivity contribution < 1.29 is 5.11 Å². The molecule has 158 valence electrons. The summed E-state index contributed by atoms with van der Waals surface area (Å²) in [6.07, 6.45) is 4.98. The molecule has 1 saturated heterocycles. The number of aliphatic imine (C=N–C) groups is 1. The largest absolute Gasteiger partial charge is 0.393 e. The van der Waals surface area contributed by atoms with Gasteiger partial charge in [0.1, 0.15) is 0 Å². The molecule has 5 nitrogen and oxygen atoms in total. The summed E-state index contributed by atoms with van der Waals surface area (Å²) >= 11 is 0. The minimum Gasteiger partial charge on any atom is -0.393 e. The quantitative estimate of drug-likeness (QED) is 0.327. The van der Waals surface area contributed by atoms with Gasteiger partial charge in [-0.2, -0.15) is 0 Å². The lowest BCUT2D eigenvalue weighted by atomic mass is 9.76. The maximum atomic E-state index is 9.62. The highest BCUT2D eigenvalue weighted by Crippen LogP contribution is 2.31. The van der Waals surface area contributed by atoms with E-state index >= 15 is 0 Å². The molecule has 0 bridgehead atoms. The van der Waals surface area contributed by atoms with E-state index in [4.69, 9.17) is 4.99 Å². The topological polar surface area (TPSA) is 59.9 Å². The number of nitrogens with one attached hydrogen (secondary N) is 2. The molecule has 2 rings (SSSR count). The van der Waals surface area contributed by atoms with Crippen LogP contribution in [0.3, 0.4) is 0 Å². The van der Waals surface area contributed by atoms with E-state index in [-0.39, 0.29) is 11.5 Å². The van der Waals surface area contributed by atoms with Crippen molar-refractivity contribution in [2.75, 3.05) is 39.3 Å². The number of nitrogens with zero attached hydrogens (tertiary/aromatic N) is 2. The van der Waals surface area contributed by atoms with Crippen LogP contribution in [-0.2, 0) is 5.41 Å². The monoisotopic (exact) mass is 388 g/mol. The van der Waals surface area contributed by atoms with Gasteiger partial charge in [-0.05, 0) is 51.1 Å². The average Bonchev–Trinajstić information content (AvgIpc) is 2.74. The molecule has 1 aliphatic heterocycles. The number of aliphatic hydroxyl groups excluding tert-OH is 1. The van der Waals surface area contributed by atoms with Crippen LogP contribution in [0.5, 0.6) is 0 Å². The fourth-order valence-corrected chi connectivity index (χ4v) is 3.99. The summed E-state index contributed by atoms with van der Waals surface area (Å²) in [7, 11) is 0. The van der Waals surface area contributed by atoms with Crippen molar-refractivity contribution in [2.24, 2.45) is 4.99 Å². The number of guanidine groups is 1. The minimum atomic E-state index is -0.0936. The van der Waals surface area contributed by atoms with Crippen molar-refractivity contribution in [2.45, 2.75) is 64.4 Å². The summed E-state index contributed by atoms with van der Waals surface area (Å²) < 4.78 is 0. The van der Waals surface area contributed by atoms with E-state index in [1.807, 2.05) is 0 Å². The zero-order valence-electron chi connectivity index (χ0n) is 18.1. The average molecular weight is 389 g/mol. The highest BCUT2D eigenvalue weighted by Gasteiger charge is 2.28. The molecule has 1 fully saturated rings. The molecule has 0 aromatic heterocycles. The lowest BCUT2D eigenvalue weighted by Crippen LogP contribution is -2.41. The maximum absolute atomic E-state index is 9.62. The molecule has 28 heavy (non-hydrogen) atoms. The zero-order chi connectivity index (χ0) is 20.2. The number of piperidine rings is 1. The van der Waals surface area contributed by atoms with Crippen molar-refractivity contribution in [3.8, 4) is 0 Å². The second-order valence-electron chi connectivity index (χ2n) is 7.90. The van der Waals surface area contributed by atoms with Crippen LogP contribution in [0.2, 0.25) is 0 Å². The number of rotatable bonds is 10. The minimum absolute atomic E-state index is 0.0936. The number of benzene rings is 1. The molecule has 0 saturated carbocycles. The smallest absolute Gasteiger partial charge is 0.191 e. The molecule has 0 radical (unpaired) electrons. The van der Waals surface area contributed by atoms with Gasteiger partial charge in [-0.15, -0.1) is 0 Å². The Bertz CT molecular complexity index is 563. The predicted molar refractivity (Wildman–Crippen MR) is 119 cm³/mol. The lowest BCUT2D eigenvalue weighted by molar-refractivity contribution is 0.0823. The van der Waals surface area contributed by atoms with Crippen LogP contribution < -0.4 is 10.6 Å². The van der Waals surface area contributed by atoms with Crippen LogP contribution in [-0.4, -0.2) is 61.3 Å². The predicted octanol–water partition coefficient (Wildman–Crippen LogP) is 3.15. The Morgan fingerprint density at radius 1 is 1.11 bits per heavy atom. The Hall–Kier alpha value is -1.59. The normalized spacial score (nSPS) is 16.9. The van der Waals surface area contributed by atoms with Crippen molar-refractivity contribution in [3.63, 3.8) is 0 Å². The molecule has 1 aromatic rings. The van der Waals surface area contributed by atoms with Gasteiger partial charge in [0.15, 0.2) is 5.96 Å². The summed E-state index contributed by atoms with van der Waals surface area (Å²) in [5.41, 5.74) is 1.48. The first-order valence-corrected chi connectivity index (χ1v) is 11.1. The third kappa shape index (κ3) is 6.78. The van der Waals surface area contributed by atoms with Gasteiger partial charge >= 0.3 is 0 Å². The molecule has 1 heterocycles. The van der Waals surface area contributed by atoms with Gasteiger partial charge < -0.3 is 20.6 Å². The molecule has 0 atom stereocenters. The Morgan fingerprint density at radius 2 is 1.79 bits per heavy atom. The highest BCUT2D eigenvalue weighted by atomic mass is 16.3. The molecule has 3 N–H and O–H groups in total. The van der Waals surface area contributed by atoms with E-state index < -0.39 is 0 Å². The summed E-state index contributed by atoms with van der Waals surface area (Å²) in [5, 5.41) is 16.5. The van der Waals surface area contributed by atoms with Crippen molar-refractivity contribution in [1.29, 1.82) is 0 Å². The molecule has 0 aliphatic carbocycles. The van der Waals surface area contributed by atoms with E-state index in [1.54, 1.807) is 0 Å². The van der Waals surface area contributed by atoms with Gasteiger partial charge in [0, 0.05) is 31.6 Å². The Labute approximate surface area is 171 Å². The van der Waals surface area contributed by atoms with E-state index in [1.165, 1.54) is 5.56 Å². The number of likely N-dealkylation sites (tertiary alicyclic amines) is 1. The molecule has 1 aromatic carbocycles. The highest BCUT2D eigenvalue weighted by molar-refractivity contribution is 5.79. The van der Waals surface area contributed by atoms with E-state index in [2.05, 4.69) is 66.6 Å². The number of aliphatic hydroxyl groups is 1. The van der Waals surface area contributed by atoms with Gasteiger partial charge in [0.2, 0.25) is 0 Å². The molecular weight excluding hydrogens is 348 g/mol. The van der Waals surface area contributed by atoms with E-state index in [0.29, 0.717) is 0 Å². The van der Waals surface area contributed by atoms with Crippen LogP contribution in [0.15, 0.2) is 35.3 Å². The first kappa shape index (κ1) is 22.7. The van der Waals surface area contributed by atoms with Crippen LogP contribution in [0.4, 0.5) is 0 Å². The van der Waals surface area contributed by atoms with Crippen LogP contribution >= 0.6 is 0 Å². The molecule has 0 unspecified atom stereocenters. The third-order valence-electron chi connectivity index (χ3n) is 6.12. The van der Waals surface area contributed by atoms with Gasteiger partial charge in [0.25, 0.3) is 0 Å². The first-order chi connectivity index (χ1) is 13.6. The Morgan fingerprint density at radius 3 is 2.39 bits per heavy atom. The summed E-state index contributed by atoms with van der Waals surface area (Å²) in [6.45, 7) is 12.3. The van der Waals surface area contributed by atoms with Gasteiger partial charge in [-0.3, -0.25) is 4.99 Å². The zero-order valence-corrected chi connectivity index (χ0v) is 18.1. The molecular formula is C23H40N4O. The fourth-order valence-electron chi connectivity index (χ4n) is 3.99. The van der Waals surface area contributed by atoms with Crippen LogP contribution in [0.25, 0.3) is 0 Å². The standard InChI is InChI=1S/C23H40N4O/c1-4-23(5-2,20-11-8-7-9-12-20)19-26-22(24-6-3)25-15-10-16-27-17-13-21(28)14-18-27/h7-9,11-12,21,28H,4-6,10,13-19H2,1-3H3,(H2,24,25,26). The number of hydrogen-bond donors (Lipinski definition) is 3. The van der Waals surface area contributed by atoms with Crippen molar-refractivity contribution in [3.05, 3.63) is 35.9 Å². The molecule has 5 heteroatoms. The van der Waals surface area contributed by atoms with Gasteiger partial charge in [-0.1, -0.05) is 44.2 Å². The lowest BCUT2D eigenvalue weighted by Gasteiger charge is -2.31. The summed E-state index contributed by atoms with van der Waals surface area (Å²) in [5.74, 6) is 0.916. The van der Waals surface area contributed by atoms with Crippen LogP contribution in [0.1, 0.15) is 58.4 Å². The summed E-state index contributed by atoms with van der Waals surface area (Å²) in [4.78, 5) is 7.40. The van der Waals surface area contributed by atoms with Gasteiger partial charge in [0.05, 0.1) is 12.6 Å². The maximum Gasteiger partial charge on any atom is 0.191 e. The van der Waals surface area contributed by atoms with E-state index in [0.717, 1.165) is 77.3 Å². The van der Waals surface area contributed by atoms with Crippen LogP contribution in [0, 0.1) is 0 Å². The summed E-state index contributed by atoms with van der Waals surface area (Å²) in [6, 6.07) is 10.8. The second-order valence-corrected chi connectivity index (χ2v) is 7.90. The van der Waals surface area contributed by atoms with Gasteiger partial charge in [-0.25, -0.2) is 0 Å². The van der Waals surface area contributed by atoms with Crippen molar-refractivity contribution in [1.82, 2.24) is 15.5 Å². The Kier molecular flexibility index (Phi) is 9.79.